The van der Waals surface area contributed by atoms with Crippen LogP contribution in [0.4, 0.5) is 20.6 Å². The molecule has 0 aromatic heterocycles. The van der Waals surface area contributed by atoms with Gasteiger partial charge in [-0.25, -0.2) is 13.5 Å². The normalized spacial score (nSPS) is 16.3. The lowest BCUT2D eigenvalue weighted by Gasteiger charge is -2.44. The minimum absolute atomic E-state index is 0.0633. The molecule has 0 fully saturated rings. The standard InChI is InChI=1S/C23H22ClFN2O2S/c1-3-16-9-4-5-12-20(16)27-23(28)26(15-17-18(24)10-8-11-19(17)25)21-13-6-7-14-22(21)30(27,2)29/h4-14,30H,3,15H2,1-2H3. The zero-order chi connectivity index (χ0) is 21.5. The summed E-state index contributed by atoms with van der Waals surface area (Å²) in [5.74, 6) is -0.487. The summed E-state index contributed by atoms with van der Waals surface area (Å²) in [6, 6.07) is 18.5. The van der Waals surface area contributed by atoms with Gasteiger partial charge in [-0.2, -0.15) is 0 Å². The van der Waals surface area contributed by atoms with Crippen LogP contribution < -0.4 is 9.21 Å². The van der Waals surface area contributed by atoms with Crippen LogP contribution in [-0.4, -0.2) is 16.5 Å². The first kappa shape index (κ1) is 20.6. The highest BCUT2D eigenvalue weighted by molar-refractivity contribution is 8.04. The number of carbonyl (C=O) groups excluding carboxylic acids is 1. The summed E-state index contributed by atoms with van der Waals surface area (Å²) in [4.78, 5) is 15.7. The van der Waals surface area contributed by atoms with Crippen molar-refractivity contribution in [3.63, 3.8) is 0 Å². The lowest BCUT2D eigenvalue weighted by molar-refractivity contribution is 0.253. The highest BCUT2D eigenvalue weighted by Gasteiger charge is 2.41. The quantitative estimate of drug-likeness (QED) is 0.531. The Bertz CT molecular complexity index is 1160. The van der Waals surface area contributed by atoms with Gasteiger partial charge >= 0.3 is 6.03 Å². The molecule has 0 spiro atoms. The third-order valence-corrected chi connectivity index (χ3v) is 8.17. The number of para-hydroxylation sites is 2. The molecule has 0 saturated carbocycles. The molecule has 156 valence electrons. The maximum atomic E-state index is 14.5. The lowest BCUT2D eigenvalue weighted by Crippen LogP contribution is -2.53. The van der Waals surface area contributed by atoms with E-state index in [9.17, 15) is 13.4 Å². The van der Waals surface area contributed by atoms with E-state index in [-0.39, 0.29) is 17.1 Å². The molecule has 0 radical (unpaired) electrons. The molecular formula is C23H22ClFN2O2S. The number of nitrogens with zero attached hydrogens (tertiary/aromatic N) is 2. The maximum absolute atomic E-state index is 14.5. The number of benzene rings is 3. The SMILES string of the molecule is CCc1ccccc1N1C(=O)N(Cc2c(F)cccc2Cl)c2ccccc2[SH]1(C)=O. The summed E-state index contributed by atoms with van der Waals surface area (Å²) >= 11 is 6.23. The fourth-order valence-corrected chi connectivity index (χ4v) is 6.31. The molecule has 4 nitrogen and oxygen atoms in total. The van der Waals surface area contributed by atoms with Gasteiger partial charge in [-0.15, -0.1) is 0 Å². The molecule has 1 heterocycles. The van der Waals surface area contributed by atoms with Crippen LogP contribution in [0.3, 0.4) is 0 Å². The van der Waals surface area contributed by atoms with Gasteiger partial charge in [-0.1, -0.05) is 54.9 Å². The minimum atomic E-state index is -3.26. The second-order valence-electron chi connectivity index (χ2n) is 7.23. The smallest absolute Gasteiger partial charge is 0.287 e. The number of hydrogen-bond acceptors (Lipinski definition) is 2. The van der Waals surface area contributed by atoms with Gasteiger partial charge in [0, 0.05) is 16.8 Å². The van der Waals surface area contributed by atoms with E-state index in [4.69, 9.17) is 11.6 Å². The number of fused-ring (bicyclic) bond motifs is 1. The van der Waals surface area contributed by atoms with E-state index in [2.05, 4.69) is 0 Å². The number of thiol groups is 1. The second kappa shape index (κ2) is 7.85. The molecule has 0 aliphatic carbocycles. The van der Waals surface area contributed by atoms with E-state index < -0.39 is 22.0 Å². The first-order valence-electron chi connectivity index (χ1n) is 9.66. The molecule has 3 aromatic rings. The van der Waals surface area contributed by atoms with Gasteiger partial charge in [0.1, 0.15) is 5.82 Å². The number of anilines is 2. The lowest BCUT2D eigenvalue weighted by atomic mass is 10.1. The fraction of sp³-hybridized carbons (Fsp3) is 0.174. The number of halogens is 2. The Morgan fingerprint density at radius 3 is 2.33 bits per heavy atom. The summed E-state index contributed by atoms with van der Waals surface area (Å²) < 4.78 is 29.9. The molecule has 0 saturated heterocycles. The number of hydrogen-bond donors (Lipinski definition) is 1. The van der Waals surface area contributed by atoms with Crippen molar-refractivity contribution in [2.24, 2.45) is 0 Å². The summed E-state index contributed by atoms with van der Waals surface area (Å²) in [6.07, 6.45) is 2.28. The molecule has 0 bridgehead atoms. The Balaban J connectivity index is 1.91. The Morgan fingerprint density at radius 1 is 0.967 bits per heavy atom. The summed E-state index contributed by atoms with van der Waals surface area (Å²) in [5, 5.41) is 0.242. The van der Waals surface area contributed by atoms with Crippen molar-refractivity contribution in [3.8, 4) is 0 Å². The van der Waals surface area contributed by atoms with Crippen LogP contribution in [0.5, 0.6) is 0 Å². The molecule has 0 N–H and O–H groups in total. The molecule has 30 heavy (non-hydrogen) atoms. The monoisotopic (exact) mass is 444 g/mol. The van der Waals surface area contributed by atoms with Crippen molar-refractivity contribution in [1.29, 1.82) is 0 Å². The fourth-order valence-electron chi connectivity index (χ4n) is 3.85. The van der Waals surface area contributed by atoms with Gasteiger partial charge in [0.05, 0.1) is 22.8 Å². The van der Waals surface area contributed by atoms with Crippen molar-refractivity contribution < 1.29 is 13.4 Å². The van der Waals surface area contributed by atoms with E-state index in [1.165, 1.54) is 21.3 Å². The molecular weight excluding hydrogens is 423 g/mol. The van der Waals surface area contributed by atoms with E-state index in [1.54, 1.807) is 42.7 Å². The summed E-state index contributed by atoms with van der Waals surface area (Å²) in [5.41, 5.74) is 2.25. The van der Waals surface area contributed by atoms with Crippen molar-refractivity contribution in [1.82, 2.24) is 0 Å². The van der Waals surface area contributed by atoms with E-state index >= 15 is 0 Å². The van der Waals surface area contributed by atoms with Crippen LogP contribution in [-0.2, 0) is 23.1 Å². The topological polar surface area (TPSA) is 40.6 Å². The molecule has 3 aromatic carbocycles. The largest absolute Gasteiger partial charge is 0.340 e. The molecule has 2 amide bonds. The Morgan fingerprint density at radius 2 is 1.63 bits per heavy atom. The second-order valence-corrected chi connectivity index (χ2v) is 10.3. The van der Waals surface area contributed by atoms with E-state index in [0.29, 0.717) is 22.7 Å². The average Bonchev–Trinajstić information content (AvgIpc) is 2.73. The van der Waals surface area contributed by atoms with Crippen LogP contribution in [0, 0.1) is 5.82 Å². The van der Waals surface area contributed by atoms with Crippen LogP contribution in [0.15, 0.2) is 71.6 Å². The van der Waals surface area contributed by atoms with Crippen LogP contribution in [0.2, 0.25) is 5.02 Å². The Labute approximate surface area is 181 Å². The molecule has 1 aliphatic heterocycles. The van der Waals surface area contributed by atoms with Gasteiger partial charge in [-0.05, 0) is 52.4 Å². The highest BCUT2D eigenvalue weighted by Crippen LogP contribution is 2.42. The first-order valence-corrected chi connectivity index (χ1v) is 12.1. The number of urea groups is 1. The Kier molecular flexibility index (Phi) is 5.38. The van der Waals surface area contributed by atoms with E-state index in [1.807, 2.05) is 25.1 Å². The van der Waals surface area contributed by atoms with Crippen molar-refractivity contribution in [2.75, 3.05) is 15.5 Å². The number of amides is 2. The first-order chi connectivity index (χ1) is 14.4. The van der Waals surface area contributed by atoms with Crippen molar-refractivity contribution >= 4 is 39.1 Å². The Hall–Kier alpha value is -2.70. The third-order valence-electron chi connectivity index (χ3n) is 5.39. The van der Waals surface area contributed by atoms with Crippen molar-refractivity contribution in [2.45, 2.75) is 24.8 Å². The summed E-state index contributed by atoms with van der Waals surface area (Å²) in [7, 11) is -3.26. The van der Waals surface area contributed by atoms with Crippen LogP contribution >= 0.6 is 11.6 Å². The average molecular weight is 445 g/mol. The zero-order valence-electron chi connectivity index (χ0n) is 16.7. The predicted octanol–water partition coefficient (Wildman–Crippen LogP) is 5.61. The molecule has 7 heteroatoms. The third kappa shape index (κ3) is 3.30. The van der Waals surface area contributed by atoms with Gasteiger partial charge in [-0.3, -0.25) is 9.11 Å². The number of aryl methyl sites for hydroxylation is 1. The van der Waals surface area contributed by atoms with Gasteiger partial charge in [0.25, 0.3) is 0 Å². The van der Waals surface area contributed by atoms with E-state index in [0.717, 1.165) is 5.56 Å². The molecule has 0 unspecified atom stereocenters. The number of rotatable bonds is 4. The van der Waals surface area contributed by atoms with Crippen molar-refractivity contribution in [3.05, 3.63) is 88.7 Å². The maximum Gasteiger partial charge on any atom is 0.340 e. The van der Waals surface area contributed by atoms with Crippen LogP contribution in [0.25, 0.3) is 0 Å². The predicted molar refractivity (Wildman–Crippen MR) is 121 cm³/mol. The number of carbonyl (C=O) groups is 1. The van der Waals surface area contributed by atoms with Crippen LogP contribution in [0.1, 0.15) is 18.1 Å². The minimum Gasteiger partial charge on any atom is -0.287 e. The highest BCUT2D eigenvalue weighted by atomic mass is 35.5. The summed E-state index contributed by atoms with van der Waals surface area (Å²) in [6.45, 7) is 1.92. The molecule has 4 rings (SSSR count). The molecule has 0 atom stereocenters. The van der Waals surface area contributed by atoms with Gasteiger partial charge in [0.15, 0.2) is 0 Å². The molecule has 1 aliphatic rings. The zero-order valence-corrected chi connectivity index (χ0v) is 18.3. The van der Waals surface area contributed by atoms with Gasteiger partial charge < -0.3 is 0 Å². The van der Waals surface area contributed by atoms with Gasteiger partial charge in [0.2, 0.25) is 0 Å².